The molecule has 0 rings (SSSR count). The van der Waals surface area contributed by atoms with E-state index in [1.807, 2.05) is 33.3 Å². The minimum Gasteiger partial charge on any atom is -0.756 e. The molecule has 0 saturated heterocycles. The van der Waals surface area contributed by atoms with E-state index in [2.05, 4.69) is 98.9 Å². The van der Waals surface area contributed by atoms with Crippen LogP contribution in [0.4, 0.5) is 0 Å². The first-order valence-corrected chi connectivity index (χ1v) is 24.4. The van der Waals surface area contributed by atoms with Crippen LogP contribution in [0.1, 0.15) is 155 Å². The molecule has 0 aromatic rings. The molecule has 0 N–H and O–H groups in total. The van der Waals surface area contributed by atoms with Crippen molar-refractivity contribution in [3.8, 4) is 0 Å². The Morgan fingerprint density at radius 1 is 0.542 bits per heavy atom. The van der Waals surface area contributed by atoms with Crippen LogP contribution >= 0.6 is 7.82 Å². The van der Waals surface area contributed by atoms with Gasteiger partial charge in [0.1, 0.15) is 19.3 Å². The van der Waals surface area contributed by atoms with Gasteiger partial charge >= 0.3 is 5.97 Å². The molecule has 0 aliphatic carbocycles. The Labute approximate surface area is 362 Å². The second-order valence-corrected chi connectivity index (χ2v) is 17.4. The molecule has 0 spiro atoms. The van der Waals surface area contributed by atoms with Crippen molar-refractivity contribution in [2.24, 2.45) is 0 Å². The van der Waals surface area contributed by atoms with E-state index >= 15 is 0 Å². The molecule has 0 aliphatic heterocycles. The zero-order valence-electron chi connectivity index (χ0n) is 38.2. The summed E-state index contributed by atoms with van der Waals surface area (Å²) in [7, 11) is 1.29. The van der Waals surface area contributed by atoms with Crippen molar-refractivity contribution in [1.29, 1.82) is 0 Å². The standard InChI is InChI=1S/C50H86NO7P/c1-6-8-10-12-14-16-18-20-22-24-26-27-29-31-33-35-37-39-41-43-50(52)58-49(48-57-59(53,54)56-46-44-51(3,4)5)47-55-45-42-40-38-36-34-32-30-28-25-23-21-19-17-15-13-11-9-7-2/h8,10,14-17,20-23,26-27,31,33,37,39,49H,6-7,9,11-13,18-19,24-25,28-30,32,34-36,38,40-48H2,1-5H3/b10-8-,16-14-,17-15-,22-20-,23-21-,27-26-,33-31-,39-37-. The summed E-state index contributed by atoms with van der Waals surface area (Å²) in [5.74, 6) is -0.422. The monoisotopic (exact) mass is 844 g/mol. The zero-order chi connectivity index (χ0) is 43.4. The number of allylic oxidation sites excluding steroid dienone is 16. The van der Waals surface area contributed by atoms with Gasteiger partial charge in [-0.1, -0.05) is 162 Å². The molecule has 0 saturated carbocycles. The number of esters is 1. The van der Waals surface area contributed by atoms with Gasteiger partial charge < -0.3 is 27.9 Å². The lowest BCUT2D eigenvalue weighted by atomic mass is 10.1. The molecular weight excluding hydrogens is 758 g/mol. The minimum atomic E-state index is -4.56. The molecular formula is C50H86NO7P. The summed E-state index contributed by atoms with van der Waals surface area (Å²) in [6, 6.07) is 0. The van der Waals surface area contributed by atoms with Crippen LogP contribution in [0.2, 0.25) is 0 Å². The molecule has 0 radical (unpaired) electrons. The van der Waals surface area contributed by atoms with E-state index in [1.54, 1.807) is 0 Å². The van der Waals surface area contributed by atoms with Crippen LogP contribution in [0.25, 0.3) is 0 Å². The Balaban J connectivity index is 4.37. The maximum absolute atomic E-state index is 12.7. The van der Waals surface area contributed by atoms with Crippen LogP contribution in [0.5, 0.6) is 0 Å². The topological polar surface area (TPSA) is 94.1 Å². The summed E-state index contributed by atoms with van der Waals surface area (Å²) in [5.41, 5.74) is 0. The second kappa shape index (κ2) is 42.1. The number of hydrogen-bond acceptors (Lipinski definition) is 7. The molecule has 0 heterocycles. The van der Waals surface area contributed by atoms with Gasteiger partial charge in [0.2, 0.25) is 0 Å². The van der Waals surface area contributed by atoms with E-state index in [0.29, 0.717) is 24.1 Å². The molecule has 8 nitrogen and oxygen atoms in total. The highest BCUT2D eigenvalue weighted by atomic mass is 31.2. The molecule has 0 bridgehead atoms. The van der Waals surface area contributed by atoms with Crippen LogP contribution in [0.15, 0.2) is 97.2 Å². The number of ether oxygens (including phenoxy) is 2. The Kier molecular flexibility index (Phi) is 40.3. The number of nitrogens with zero attached hydrogens (tertiary/aromatic N) is 1. The summed E-state index contributed by atoms with van der Waals surface area (Å²) in [4.78, 5) is 25.1. The van der Waals surface area contributed by atoms with Gasteiger partial charge in [-0.25, -0.2) is 0 Å². The van der Waals surface area contributed by atoms with Crippen LogP contribution in [-0.2, 0) is 27.9 Å². The second-order valence-electron chi connectivity index (χ2n) is 16.0. The minimum absolute atomic E-state index is 0.00585. The number of carbonyl (C=O) groups excluding carboxylic acids is 1. The van der Waals surface area contributed by atoms with Crippen LogP contribution in [-0.4, -0.2) is 70.7 Å². The van der Waals surface area contributed by atoms with Gasteiger partial charge in [0.25, 0.3) is 7.82 Å². The van der Waals surface area contributed by atoms with Gasteiger partial charge in [-0.05, 0) is 83.5 Å². The van der Waals surface area contributed by atoms with Crippen molar-refractivity contribution in [2.75, 3.05) is 54.1 Å². The molecule has 0 fully saturated rings. The van der Waals surface area contributed by atoms with E-state index in [0.717, 1.165) is 64.2 Å². The number of quaternary nitrogens is 1. The van der Waals surface area contributed by atoms with Crippen molar-refractivity contribution in [3.63, 3.8) is 0 Å². The number of phosphoric acid groups is 1. The molecule has 0 aromatic carbocycles. The Bertz CT molecular complexity index is 1260. The predicted octanol–water partition coefficient (Wildman–Crippen LogP) is 13.2. The van der Waals surface area contributed by atoms with Crippen LogP contribution in [0.3, 0.4) is 0 Å². The number of carbonyl (C=O) groups is 1. The third-order valence-electron chi connectivity index (χ3n) is 9.13. The Hall–Kier alpha value is -2.58. The molecule has 2 unspecified atom stereocenters. The number of hydrogen-bond donors (Lipinski definition) is 0. The first kappa shape index (κ1) is 56.4. The summed E-state index contributed by atoms with van der Waals surface area (Å²) >= 11 is 0. The Morgan fingerprint density at radius 3 is 1.47 bits per heavy atom. The zero-order valence-corrected chi connectivity index (χ0v) is 39.1. The van der Waals surface area contributed by atoms with E-state index in [-0.39, 0.29) is 26.2 Å². The van der Waals surface area contributed by atoms with E-state index in [4.69, 9.17) is 18.5 Å². The molecule has 0 aromatic heterocycles. The summed E-state index contributed by atoms with van der Waals surface area (Å²) in [6.07, 6.45) is 57.2. The molecule has 2 atom stereocenters. The number of unbranched alkanes of at least 4 members (excludes halogenated alkanes) is 11. The number of phosphoric ester groups is 1. The molecule has 0 amide bonds. The first-order chi connectivity index (χ1) is 28.6. The van der Waals surface area contributed by atoms with Crippen LogP contribution < -0.4 is 4.89 Å². The molecule has 338 valence electrons. The normalized spacial score (nSPS) is 14.6. The smallest absolute Gasteiger partial charge is 0.306 e. The lowest BCUT2D eigenvalue weighted by Crippen LogP contribution is -2.37. The van der Waals surface area contributed by atoms with Gasteiger partial charge in [0, 0.05) is 13.0 Å². The SMILES string of the molecule is CC/C=C\C/C=C\C/C=C\C/C=C\C/C=C\C/C=C\CCC(=O)OC(COCCCCCCCCCC/C=C\C/C=C\CCCCC)COP(=O)([O-])OCC[N+](C)(C)C. The van der Waals surface area contributed by atoms with Gasteiger partial charge in [0.05, 0.1) is 34.4 Å². The van der Waals surface area contributed by atoms with E-state index < -0.39 is 19.9 Å². The number of rotatable bonds is 41. The maximum atomic E-state index is 12.7. The first-order valence-electron chi connectivity index (χ1n) is 23.0. The summed E-state index contributed by atoms with van der Waals surface area (Å²) in [6.45, 7) is 5.13. The summed E-state index contributed by atoms with van der Waals surface area (Å²) in [5, 5.41) is 0. The highest BCUT2D eigenvalue weighted by Crippen LogP contribution is 2.38. The highest BCUT2D eigenvalue weighted by molar-refractivity contribution is 7.45. The lowest BCUT2D eigenvalue weighted by molar-refractivity contribution is -0.870. The quantitative estimate of drug-likeness (QED) is 0.0199. The average molecular weight is 844 g/mol. The van der Waals surface area contributed by atoms with E-state index in [9.17, 15) is 14.3 Å². The molecule has 9 heteroatoms. The van der Waals surface area contributed by atoms with E-state index in [1.165, 1.54) is 64.2 Å². The highest BCUT2D eigenvalue weighted by Gasteiger charge is 2.20. The van der Waals surface area contributed by atoms with Crippen molar-refractivity contribution in [1.82, 2.24) is 0 Å². The fraction of sp³-hybridized carbons (Fsp3) is 0.660. The molecule has 59 heavy (non-hydrogen) atoms. The van der Waals surface area contributed by atoms with Gasteiger partial charge in [-0.2, -0.15) is 0 Å². The fourth-order valence-corrected chi connectivity index (χ4v) is 6.33. The number of likely N-dealkylation sites (N-methyl/N-ethyl adjacent to an activating group) is 1. The average Bonchev–Trinajstić information content (AvgIpc) is 3.19. The predicted molar refractivity (Wildman–Crippen MR) is 249 cm³/mol. The largest absolute Gasteiger partial charge is 0.756 e. The van der Waals surface area contributed by atoms with Crippen molar-refractivity contribution in [2.45, 2.75) is 161 Å². The van der Waals surface area contributed by atoms with Crippen LogP contribution in [0, 0.1) is 0 Å². The third kappa shape index (κ3) is 46.3. The van der Waals surface area contributed by atoms with Crippen molar-refractivity contribution < 1.29 is 37.3 Å². The maximum Gasteiger partial charge on any atom is 0.306 e. The fourth-order valence-electron chi connectivity index (χ4n) is 5.60. The third-order valence-corrected chi connectivity index (χ3v) is 10.1. The van der Waals surface area contributed by atoms with Crippen molar-refractivity contribution in [3.05, 3.63) is 97.2 Å². The van der Waals surface area contributed by atoms with Gasteiger partial charge in [-0.15, -0.1) is 0 Å². The van der Waals surface area contributed by atoms with Crippen molar-refractivity contribution >= 4 is 13.8 Å². The molecule has 0 aliphatic rings. The lowest BCUT2D eigenvalue weighted by Gasteiger charge is -2.28. The summed E-state index contributed by atoms with van der Waals surface area (Å²) < 4.78 is 34.5. The Morgan fingerprint density at radius 2 is 0.983 bits per heavy atom. The van der Waals surface area contributed by atoms with Gasteiger partial charge in [0.15, 0.2) is 0 Å². The van der Waals surface area contributed by atoms with Gasteiger partial charge in [-0.3, -0.25) is 9.36 Å².